The number of ether oxygens (including phenoxy) is 1. The molecule has 0 spiro atoms. The van der Waals surface area contributed by atoms with E-state index in [2.05, 4.69) is 10.3 Å². The number of aromatic nitrogens is 3. The van der Waals surface area contributed by atoms with Gasteiger partial charge in [-0.2, -0.15) is 0 Å². The highest BCUT2D eigenvalue weighted by Gasteiger charge is 2.06. The molecule has 90 valence electrons. The molecule has 0 aliphatic heterocycles. The number of methoxy groups -OCH3 is 1. The largest absolute Gasteiger partial charge is 0.495 e. The average molecular weight is 254 g/mol. The van der Waals surface area contributed by atoms with Gasteiger partial charge in [0.05, 0.1) is 29.7 Å². The van der Waals surface area contributed by atoms with Crippen molar-refractivity contribution in [2.75, 3.05) is 13.7 Å². The van der Waals surface area contributed by atoms with Gasteiger partial charge in [-0.1, -0.05) is 16.8 Å². The van der Waals surface area contributed by atoms with Gasteiger partial charge in [-0.05, 0) is 12.1 Å². The molecule has 17 heavy (non-hydrogen) atoms. The molecule has 2 rings (SSSR count). The number of hydrogen-bond acceptors (Lipinski definition) is 4. The second-order valence-electron chi connectivity index (χ2n) is 3.45. The second kappa shape index (κ2) is 5.16. The maximum atomic E-state index is 8.80. The minimum Gasteiger partial charge on any atom is -0.495 e. The highest BCUT2D eigenvalue weighted by Crippen LogP contribution is 2.26. The van der Waals surface area contributed by atoms with Crippen LogP contribution in [0, 0.1) is 0 Å². The summed E-state index contributed by atoms with van der Waals surface area (Å²) in [4.78, 5) is 0. The third-order valence-corrected chi connectivity index (χ3v) is 2.62. The number of aliphatic hydroxyl groups is 1. The van der Waals surface area contributed by atoms with Crippen molar-refractivity contribution in [2.45, 2.75) is 6.42 Å². The van der Waals surface area contributed by atoms with Crippen LogP contribution < -0.4 is 4.74 Å². The molecule has 0 aliphatic rings. The van der Waals surface area contributed by atoms with Crippen molar-refractivity contribution < 1.29 is 9.84 Å². The topological polar surface area (TPSA) is 60.2 Å². The van der Waals surface area contributed by atoms with E-state index in [1.807, 2.05) is 6.07 Å². The molecule has 0 fully saturated rings. The van der Waals surface area contributed by atoms with Crippen LogP contribution in [0.15, 0.2) is 24.4 Å². The first-order chi connectivity index (χ1) is 8.24. The molecule has 1 N–H and O–H groups in total. The minimum atomic E-state index is 0.0582. The van der Waals surface area contributed by atoms with Gasteiger partial charge in [-0.3, -0.25) is 0 Å². The zero-order chi connectivity index (χ0) is 12.3. The molecular weight excluding hydrogens is 242 g/mol. The maximum absolute atomic E-state index is 8.80. The van der Waals surface area contributed by atoms with Gasteiger partial charge in [0.25, 0.3) is 0 Å². The number of rotatable bonds is 4. The normalized spacial score (nSPS) is 10.5. The zero-order valence-corrected chi connectivity index (χ0v) is 10.1. The lowest BCUT2D eigenvalue weighted by molar-refractivity contribution is 0.298. The summed E-state index contributed by atoms with van der Waals surface area (Å²) >= 11 is 5.94. The van der Waals surface area contributed by atoms with Crippen molar-refractivity contribution in [1.29, 1.82) is 0 Å². The fraction of sp³-hybridized carbons (Fsp3) is 0.273. The van der Waals surface area contributed by atoms with Crippen molar-refractivity contribution in [1.82, 2.24) is 15.0 Å². The lowest BCUT2D eigenvalue weighted by atomic mass is 10.3. The molecule has 0 unspecified atom stereocenters. The van der Waals surface area contributed by atoms with E-state index in [4.69, 9.17) is 21.4 Å². The first kappa shape index (κ1) is 11.9. The SMILES string of the molecule is COc1cc(-n2cc(CCO)nn2)ccc1Cl. The zero-order valence-electron chi connectivity index (χ0n) is 9.30. The van der Waals surface area contributed by atoms with Crippen molar-refractivity contribution in [3.05, 3.63) is 35.1 Å². The van der Waals surface area contributed by atoms with Gasteiger partial charge in [-0.15, -0.1) is 5.10 Å². The third-order valence-electron chi connectivity index (χ3n) is 2.31. The number of nitrogens with zero attached hydrogens (tertiary/aromatic N) is 3. The number of hydrogen-bond donors (Lipinski definition) is 1. The van der Waals surface area contributed by atoms with Crippen LogP contribution in [-0.2, 0) is 6.42 Å². The summed E-state index contributed by atoms with van der Waals surface area (Å²) < 4.78 is 6.74. The van der Waals surface area contributed by atoms with Crippen LogP contribution in [0.4, 0.5) is 0 Å². The number of aliphatic hydroxyl groups excluding tert-OH is 1. The molecule has 1 aromatic carbocycles. The Morgan fingerprint density at radius 3 is 3.00 bits per heavy atom. The van der Waals surface area contributed by atoms with Crippen LogP contribution in [0.3, 0.4) is 0 Å². The Balaban J connectivity index is 2.32. The molecule has 0 bridgehead atoms. The number of halogens is 1. The van der Waals surface area contributed by atoms with E-state index in [0.29, 0.717) is 17.2 Å². The predicted molar refractivity (Wildman–Crippen MR) is 63.7 cm³/mol. The molecule has 0 atom stereocenters. The molecule has 5 nitrogen and oxygen atoms in total. The molecule has 0 amide bonds. The van der Waals surface area contributed by atoms with E-state index < -0.39 is 0 Å². The molecule has 0 radical (unpaired) electrons. The lowest BCUT2D eigenvalue weighted by Crippen LogP contribution is -1.96. The molecule has 1 aromatic heterocycles. The summed E-state index contributed by atoms with van der Waals surface area (Å²) in [6.45, 7) is 0.0582. The summed E-state index contributed by atoms with van der Waals surface area (Å²) in [5.74, 6) is 0.586. The molecule has 2 aromatic rings. The van der Waals surface area contributed by atoms with Gasteiger partial charge in [-0.25, -0.2) is 4.68 Å². The van der Waals surface area contributed by atoms with Crippen LogP contribution in [-0.4, -0.2) is 33.8 Å². The Morgan fingerprint density at radius 2 is 2.29 bits per heavy atom. The van der Waals surface area contributed by atoms with Gasteiger partial charge in [0.2, 0.25) is 0 Å². The molecular formula is C11H12ClN3O2. The Labute approximate surface area is 104 Å². The predicted octanol–water partition coefficient (Wildman–Crippen LogP) is 1.46. The fourth-order valence-electron chi connectivity index (χ4n) is 1.44. The van der Waals surface area contributed by atoms with Crippen LogP contribution in [0.1, 0.15) is 5.69 Å². The highest BCUT2D eigenvalue weighted by atomic mass is 35.5. The number of benzene rings is 1. The highest BCUT2D eigenvalue weighted by molar-refractivity contribution is 6.32. The smallest absolute Gasteiger partial charge is 0.139 e. The Hall–Kier alpha value is -1.59. The fourth-order valence-corrected chi connectivity index (χ4v) is 1.64. The van der Waals surface area contributed by atoms with Gasteiger partial charge in [0, 0.05) is 19.1 Å². The quantitative estimate of drug-likeness (QED) is 0.896. The maximum Gasteiger partial charge on any atom is 0.139 e. The van der Waals surface area contributed by atoms with Crippen molar-refractivity contribution in [2.24, 2.45) is 0 Å². The Kier molecular flexibility index (Phi) is 3.61. The van der Waals surface area contributed by atoms with E-state index in [1.54, 1.807) is 30.1 Å². The van der Waals surface area contributed by atoms with Gasteiger partial charge < -0.3 is 9.84 Å². The van der Waals surface area contributed by atoms with Gasteiger partial charge in [0.1, 0.15) is 5.75 Å². The molecule has 0 saturated heterocycles. The van der Waals surface area contributed by atoms with E-state index in [0.717, 1.165) is 11.4 Å². The molecule has 6 heteroatoms. The van der Waals surface area contributed by atoms with E-state index >= 15 is 0 Å². The van der Waals surface area contributed by atoms with Crippen LogP contribution >= 0.6 is 11.6 Å². The summed E-state index contributed by atoms with van der Waals surface area (Å²) in [6.07, 6.45) is 2.25. The first-order valence-electron chi connectivity index (χ1n) is 5.10. The molecule has 1 heterocycles. The monoisotopic (exact) mass is 253 g/mol. The molecule has 0 saturated carbocycles. The first-order valence-corrected chi connectivity index (χ1v) is 5.48. The Bertz CT molecular complexity index is 513. The molecule has 0 aliphatic carbocycles. The van der Waals surface area contributed by atoms with Crippen molar-refractivity contribution in [3.63, 3.8) is 0 Å². The van der Waals surface area contributed by atoms with E-state index in [9.17, 15) is 0 Å². The van der Waals surface area contributed by atoms with E-state index in [1.165, 1.54) is 0 Å². The summed E-state index contributed by atoms with van der Waals surface area (Å²) in [5, 5.41) is 17.3. The van der Waals surface area contributed by atoms with Crippen LogP contribution in [0.2, 0.25) is 5.02 Å². The third kappa shape index (κ3) is 2.57. The van der Waals surface area contributed by atoms with Crippen LogP contribution in [0.5, 0.6) is 5.75 Å². The van der Waals surface area contributed by atoms with Crippen LogP contribution in [0.25, 0.3) is 5.69 Å². The summed E-state index contributed by atoms with van der Waals surface area (Å²) in [5.41, 5.74) is 1.55. The summed E-state index contributed by atoms with van der Waals surface area (Å²) in [6, 6.07) is 5.34. The van der Waals surface area contributed by atoms with Crippen molar-refractivity contribution in [3.8, 4) is 11.4 Å². The minimum absolute atomic E-state index is 0.0582. The summed E-state index contributed by atoms with van der Waals surface area (Å²) in [7, 11) is 1.56. The second-order valence-corrected chi connectivity index (χ2v) is 3.85. The average Bonchev–Trinajstić information content (AvgIpc) is 2.79. The van der Waals surface area contributed by atoms with Crippen molar-refractivity contribution >= 4 is 11.6 Å². The lowest BCUT2D eigenvalue weighted by Gasteiger charge is -2.05. The standard InChI is InChI=1S/C11H12ClN3O2/c1-17-11-6-9(2-3-10(11)12)15-7-8(4-5-16)13-14-15/h2-3,6-7,16H,4-5H2,1H3. The Morgan fingerprint density at radius 1 is 1.47 bits per heavy atom. The van der Waals surface area contributed by atoms with E-state index in [-0.39, 0.29) is 6.61 Å². The van der Waals surface area contributed by atoms with Gasteiger partial charge in [0.15, 0.2) is 0 Å². The van der Waals surface area contributed by atoms with Gasteiger partial charge >= 0.3 is 0 Å².